The summed E-state index contributed by atoms with van der Waals surface area (Å²) in [5.74, 6) is 0. The highest BCUT2D eigenvalue weighted by Gasteiger charge is 1.91. The highest BCUT2D eigenvalue weighted by molar-refractivity contribution is 7.27. The molecule has 0 bridgehead atoms. The molecule has 0 saturated carbocycles. The average molecular weight is 191 g/mol. The number of benzene rings is 1. The van der Waals surface area contributed by atoms with Crippen LogP contribution in [0, 0.1) is 0 Å². The van der Waals surface area contributed by atoms with E-state index in [4.69, 9.17) is 0 Å². The zero-order valence-corrected chi connectivity index (χ0v) is 9.14. The van der Waals surface area contributed by atoms with Crippen LogP contribution in [0.2, 0.25) is 0 Å². The zero-order valence-electron chi connectivity index (χ0n) is 7.99. The number of nitrogens with zero attached hydrogens (tertiary/aromatic N) is 1. The van der Waals surface area contributed by atoms with E-state index in [0.29, 0.717) is 0 Å². The van der Waals surface area contributed by atoms with Crippen LogP contribution >= 0.6 is 9.24 Å². The predicted molar refractivity (Wildman–Crippen MR) is 62.4 cm³/mol. The van der Waals surface area contributed by atoms with E-state index in [1.54, 1.807) is 0 Å². The molecular weight excluding hydrogens is 177 g/mol. The van der Waals surface area contributed by atoms with Crippen LogP contribution in [0.25, 0.3) is 10.9 Å². The molecule has 0 aliphatic heterocycles. The Morgan fingerprint density at radius 2 is 1.85 bits per heavy atom. The number of aromatic nitrogens is 1. The Bertz CT molecular complexity index is 385. The highest BCUT2D eigenvalue weighted by Crippen LogP contribution is 2.08. The fraction of sp³-hybridized carbons (Fsp3) is 0.182. The summed E-state index contributed by atoms with van der Waals surface area (Å²) in [6, 6.07) is 10.2. The van der Waals surface area contributed by atoms with E-state index >= 15 is 0 Å². The average Bonchev–Trinajstić information content (AvgIpc) is 2.21. The Balaban J connectivity index is 0.000000396. The van der Waals surface area contributed by atoms with Gasteiger partial charge in [-0.2, -0.15) is 0 Å². The molecule has 0 fully saturated rings. The lowest BCUT2D eigenvalue weighted by atomic mass is 10.2. The Hall–Kier alpha value is -0.940. The van der Waals surface area contributed by atoms with Gasteiger partial charge in [-0.15, -0.1) is 9.24 Å². The molecule has 1 nitrogen and oxygen atoms in total. The van der Waals surface area contributed by atoms with Crippen molar-refractivity contribution in [2.45, 2.75) is 13.8 Å². The fourth-order valence-corrected chi connectivity index (χ4v) is 1.34. The molecule has 2 heteroatoms. The van der Waals surface area contributed by atoms with Crippen LogP contribution in [0.1, 0.15) is 13.8 Å². The molecule has 0 amide bonds. The van der Waals surface area contributed by atoms with Crippen molar-refractivity contribution in [1.29, 1.82) is 0 Å². The molecule has 0 spiro atoms. The zero-order chi connectivity index (χ0) is 9.68. The van der Waals surface area contributed by atoms with Gasteiger partial charge in [0.25, 0.3) is 0 Å². The van der Waals surface area contributed by atoms with Crippen molar-refractivity contribution < 1.29 is 0 Å². The van der Waals surface area contributed by atoms with Crippen molar-refractivity contribution in [2.24, 2.45) is 0 Å². The molecule has 1 unspecified atom stereocenters. The van der Waals surface area contributed by atoms with Crippen molar-refractivity contribution >= 4 is 25.4 Å². The molecule has 13 heavy (non-hydrogen) atoms. The Kier molecular flexibility index (Phi) is 3.85. The van der Waals surface area contributed by atoms with Gasteiger partial charge in [0, 0.05) is 11.6 Å². The maximum absolute atomic E-state index is 4.26. The minimum absolute atomic E-state index is 1.05. The summed E-state index contributed by atoms with van der Waals surface area (Å²) in [6.45, 7) is 4.00. The summed E-state index contributed by atoms with van der Waals surface area (Å²) in [6.07, 6.45) is 1.85. The van der Waals surface area contributed by atoms with Gasteiger partial charge in [-0.05, 0) is 17.4 Å². The van der Waals surface area contributed by atoms with Crippen molar-refractivity contribution in [1.82, 2.24) is 4.98 Å². The Morgan fingerprint density at radius 3 is 2.62 bits per heavy atom. The van der Waals surface area contributed by atoms with Gasteiger partial charge < -0.3 is 0 Å². The van der Waals surface area contributed by atoms with Gasteiger partial charge in [-0.1, -0.05) is 32.0 Å². The van der Waals surface area contributed by atoms with Crippen LogP contribution in [-0.4, -0.2) is 4.98 Å². The van der Waals surface area contributed by atoms with Gasteiger partial charge in [0.15, 0.2) is 0 Å². The predicted octanol–water partition coefficient (Wildman–Crippen LogP) is 2.76. The molecule has 1 aromatic carbocycles. The first-order valence-electron chi connectivity index (χ1n) is 4.46. The summed E-state index contributed by atoms with van der Waals surface area (Å²) in [5.41, 5.74) is 1.05. The van der Waals surface area contributed by atoms with Crippen LogP contribution in [0.3, 0.4) is 0 Å². The fourth-order valence-electron chi connectivity index (χ4n) is 1.09. The van der Waals surface area contributed by atoms with Crippen LogP contribution in [0.15, 0.2) is 36.5 Å². The van der Waals surface area contributed by atoms with Crippen molar-refractivity contribution in [3.05, 3.63) is 36.5 Å². The number of pyridine rings is 1. The maximum atomic E-state index is 4.26. The minimum atomic E-state index is 1.05. The summed E-state index contributed by atoms with van der Waals surface area (Å²) in [7, 11) is 2.64. The lowest BCUT2D eigenvalue weighted by Gasteiger charge is -1.95. The van der Waals surface area contributed by atoms with Crippen molar-refractivity contribution in [3.8, 4) is 0 Å². The lowest BCUT2D eigenvalue weighted by molar-refractivity contribution is 1.44. The van der Waals surface area contributed by atoms with E-state index in [-0.39, 0.29) is 0 Å². The Morgan fingerprint density at radius 1 is 1.15 bits per heavy atom. The van der Waals surface area contributed by atoms with Crippen molar-refractivity contribution in [3.63, 3.8) is 0 Å². The molecule has 0 radical (unpaired) electrons. The Labute approximate surface area is 81.4 Å². The topological polar surface area (TPSA) is 12.9 Å². The standard InChI is InChI=1S/C9H8NP.C2H6/c11-8-5-7-3-1-2-4-9(7)10-6-8;1-2/h1-6H,11H2;1-2H3. The molecule has 0 aliphatic rings. The third-order valence-corrected chi connectivity index (χ3v) is 1.93. The van der Waals surface area contributed by atoms with E-state index in [9.17, 15) is 0 Å². The van der Waals surface area contributed by atoms with Crippen LogP contribution in [0.4, 0.5) is 0 Å². The van der Waals surface area contributed by atoms with Gasteiger partial charge in [0.05, 0.1) is 5.52 Å². The third kappa shape index (κ3) is 2.50. The number of hydrogen-bond acceptors (Lipinski definition) is 1. The van der Waals surface area contributed by atoms with Gasteiger partial charge in [0.1, 0.15) is 0 Å². The SMILES string of the molecule is CC.Pc1cnc2ccccc2c1. The maximum Gasteiger partial charge on any atom is 0.0702 e. The molecule has 0 aliphatic carbocycles. The summed E-state index contributed by atoms with van der Waals surface area (Å²) >= 11 is 0. The van der Waals surface area contributed by atoms with Crippen LogP contribution < -0.4 is 5.30 Å². The summed E-state index contributed by atoms with van der Waals surface area (Å²) in [4.78, 5) is 4.26. The lowest BCUT2D eigenvalue weighted by Crippen LogP contribution is -1.90. The normalized spacial score (nSPS) is 9.15. The van der Waals surface area contributed by atoms with E-state index in [2.05, 4.69) is 26.4 Å². The van der Waals surface area contributed by atoms with Gasteiger partial charge in [-0.3, -0.25) is 4.98 Å². The molecule has 1 atom stereocenters. The van der Waals surface area contributed by atoms with E-state index in [1.165, 1.54) is 5.39 Å². The molecule has 2 rings (SSSR count). The smallest absolute Gasteiger partial charge is 0.0702 e. The molecule has 0 saturated heterocycles. The molecule has 68 valence electrons. The van der Waals surface area contributed by atoms with Gasteiger partial charge >= 0.3 is 0 Å². The van der Waals surface area contributed by atoms with Gasteiger partial charge in [0.2, 0.25) is 0 Å². The number of para-hydroxylation sites is 1. The van der Waals surface area contributed by atoms with E-state index in [1.807, 2.05) is 38.2 Å². The van der Waals surface area contributed by atoms with Crippen LogP contribution in [0.5, 0.6) is 0 Å². The van der Waals surface area contributed by atoms with Crippen LogP contribution in [-0.2, 0) is 0 Å². The minimum Gasteiger partial charge on any atom is -0.256 e. The first-order chi connectivity index (χ1) is 6.36. The van der Waals surface area contributed by atoms with E-state index < -0.39 is 0 Å². The van der Waals surface area contributed by atoms with Gasteiger partial charge in [-0.25, -0.2) is 0 Å². The number of rotatable bonds is 0. The summed E-state index contributed by atoms with van der Waals surface area (Å²) < 4.78 is 0. The van der Waals surface area contributed by atoms with Crippen molar-refractivity contribution in [2.75, 3.05) is 0 Å². The molecular formula is C11H14NP. The quantitative estimate of drug-likeness (QED) is 0.583. The number of hydrogen-bond donors (Lipinski definition) is 0. The second kappa shape index (κ2) is 4.94. The molecule has 1 heterocycles. The molecule has 0 N–H and O–H groups in total. The number of fused-ring (bicyclic) bond motifs is 1. The molecule has 1 aromatic heterocycles. The first kappa shape index (κ1) is 10.1. The van der Waals surface area contributed by atoms with E-state index in [0.717, 1.165) is 10.8 Å². The third-order valence-electron chi connectivity index (χ3n) is 1.61. The monoisotopic (exact) mass is 191 g/mol. The first-order valence-corrected chi connectivity index (χ1v) is 5.04. The summed E-state index contributed by atoms with van der Waals surface area (Å²) in [5, 5.41) is 2.32. The second-order valence-corrected chi connectivity index (χ2v) is 3.13. The molecule has 2 aromatic rings. The highest BCUT2D eigenvalue weighted by atomic mass is 31.0. The largest absolute Gasteiger partial charge is 0.256 e. The second-order valence-electron chi connectivity index (χ2n) is 2.46.